The van der Waals surface area contributed by atoms with Gasteiger partial charge in [-0.25, -0.2) is 16.8 Å². The Kier molecular flexibility index (Phi) is 13.8. The van der Waals surface area contributed by atoms with Gasteiger partial charge in [-0.3, -0.25) is 0 Å². The first-order valence-electron chi connectivity index (χ1n) is 36.3. The van der Waals surface area contributed by atoms with Gasteiger partial charge in [0.25, 0.3) is 0 Å². The molecule has 0 amide bonds. The molecule has 0 radical (unpaired) electrons. The summed E-state index contributed by atoms with van der Waals surface area (Å²) in [6.45, 7) is 23.9. The van der Waals surface area contributed by atoms with Crippen molar-refractivity contribution in [2.45, 2.75) is 85.2 Å². The fraction of sp³-hybridized carbons (Fsp3) is 0.121. The van der Waals surface area contributed by atoms with Gasteiger partial charge in [0.15, 0.2) is 11.2 Å². The standard InChI is InChI=1S/C33H27NOSSi.C31H21NO5S2.C27H17NS5/c1-18-6-10-21(11-7-18)34-26-16-25-29(17-24(26)31-30(34)22-12-8-19(2)14-27(22)35-31)37(4,5)33-23-13-9-20(3)15-28(23)36-32(25)33;1-16-4-8-19(9-5-16)32-24-12-17(2)6-10-20(24)29-28(32)22-15-27-23(14-25(22)37-29)31-30(39(27,35)36)21-11-7-18(3)13-26(21)38(31,33)34;1-12-4-6-15(7-5-12)28-18-8-13(2)29-24(18)26-22(28)16-10-20-17(11-19(16)31-26)23-27(32-20)25-21(33-23)9-14(3)30-25/h6-17H,1-5H3;4-15H,1-3H3;4-11H,1-3H3. The van der Waals surface area contributed by atoms with E-state index in [2.05, 4.69) is 196 Å². The van der Waals surface area contributed by atoms with Gasteiger partial charge in [0.2, 0.25) is 19.7 Å². The molecule has 21 aromatic rings. The van der Waals surface area contributed by atoms with E-state index in [0.29, 0.717) is 16.6 Å². The molecule has 0 fully saturated rings. The number of aromatic nitrogens is 3. The molecule has 24 rings (SSSR count). The maximum absolute atomic E-state index is 14.0. The molecule has 0 saturated heterocycles. The second-order valence-electron chi connectivity index (χ2n) is 30.6. The lowest BCUT2D eigenvalue weighted by atomic mass is 10.1. The molecule has 3 aliphatic rings. The summed E-state index contributed by atoms with van der Waals surface area (Å²) in [6, 6.07) is 68.3. The molecular formula is C91H65N3O6S8Si. The van der Waals surface area contributed by atoms with Crippen molar-refractivity contribution in [3.05, 3.63) is 254 Å². The topological polar surface area (TPSA) is 109 Å². The van der Waals surface area contributed by atoms with Crippen molar-refractivity contribution in [3.63, 3.8) is 0 Å². The van der Waals surface area contributed by atoms with Crippen LogP contribution in [0.2, 0.25) is 13.1 Å². The van der Waals surface area contributed by atoms with Crippen LogP contribution in [-0.2, 0) is 19.7 Å². The number of nitrogens with zero attached hydrogens (tertiary/aromatic N) is 3. The van der Waals surface area contributed by atoms with Crippen LogP contribution in [0.15, 0.2) is 213 Å². The molecule has 0 aliphatic carbocycles. The van der Waals surface area contributed by atoms with E-state index in [0.717, 1.165) is 50.0 Å². The minimum Gasteiger partial charge on any atom is -0.454 e. The predicted octanol–water partition coefficient (Wildman–Crippen LogP) is 26.0. The Labute approximate surface area is 651 Å². The first-order chi connectivity index (χ1) is 52.4. The Morgan fingerprint density at radius 2 is 0.817 bits per heavy atom. The van der Waals surface area contributed by atoms with E-state index >= 15 is 0 Å². The zero-order valence-corrected chi connectivity index (χ0v) is 68.6. The predicted molar refractivity (Wildman–Crippen MR) is 469 cm³/mol. The van der Waals surface area contributed by atoms with Gasteiger partial charge in [0.1, 0.15) is 35.2 Å². The molecule has 3 aliphatic heterocycles. The number of furan rings is 2. The van der Waals surface area contributed by atoms with Crippen molar-refractivity contribution in [2.24, 2.45) is 0 Å². The molecule has 18 heteroatoms. The van der Waals surface area contributed by atoms with Crippen LogP contribution in [0.1, 0.15) is 59.8 Å². The fourth-order valence-electron chi connectivity index (χ4n) is 17.6. The van der Waals surface area contributed by atoms with Crippen LogP contribution in [0.5, 0.6) is 0 Å². The largest absolute Gasteiger partial charge is 0.454 e. The van der Waals surface area contributed by atoms with Gasteiger partial charge >= 0.3 is 0 Å². The third-order valence-electron chi connectivity index (χ3n) is 22.7. The summed E-state index contributed by atoms with van der Waals surface area (Å²) in [7, 11) is -9.99. The molecule has 9 nitrogen and oxygen atoms in total. The number of rotatable bonds is 3. The summed E-state index contributed by atoms with van der Waals surface area (Å²) in [4.78, 5) is 4.01. The van der Waals surface area contributed by atoms with Crippen LogP contribution >= 0.6 is 68.0 Å². The Morgan fingerprint density at radius 3 is 1.50 bits per heavy atom. The number of sulfone groups is 2. The third-order valence-corrected chi connectivity index (χ3v) is 37.6. The van der Waals surface area contributed by atoms with E-state index in [1.165, 1.54) is 156 Å². The molecule has 0 bridgehead atoms. The molecule has 0 unspecified atom stereocenters. The number of hydrogen-bond donors (Lipinski definition) is 0. The summed E-state index contributed by atoms with van der Waals surface area (Å²) in [5, 5.41) is 11.3. The molecule has 11 aromatic heterocycles. The molecule has 0 N–H and O–H groups in total. The average molecular weight is 1580 g/mol. The zero-order chi connectivity index (χ0) is 74.2. The maximum atomic E-state index is 14.0. The molecule has 532 valence electrons. The Balaban J connectivity index is 0.000000101. The first-order valence-corrected chi connectivity index (χ1v) is 47.2. The van der Waals surface area contributed by atoms with Crippen LogP contribution in [-0.4, -0.2) is 38.6 Å². The number of hydrogen-bond acceptors (Lipinski definition) is 12. The lowest BCUT2D eigenvalue weighted by Crippen LogP contribution is -2.49. The summed E-state index contributed by atoms with van der Waals surface area (Å²) in [5.41, 5.74) is 23.1. The highest BCUT2D eigenvalue weighted by Gasteiger charge is 2.50. The van der Waals surface area contributed by atoms with E-state index in [9.17, 15) is 16.8 Å². The average Bonchev–Trinajstić information content (AvgIpc) is 1.51. The number of benzene rings is 10. The van der Waals surface area contributed by atoms with Crippen LogP contribution in [0.3, 0.4) is 0 Å². The summed E-state index contributed by atoms with van der Waals surface area (Å²) in [5.74, 6) is 0. The summed E-state index contributed by atoms with van der Waals surface area (Å²) in [6.07, 6.45) is 0. The van der Waals surface area contributed by atoms with Crippen LogP contribution in [0, 0.1) is 62.3 Å². The zero-order valence-electron chi connectivity index (χ0n) is 61.0. The highest BCUT2D eigenvalue weighted by atomic mass is 32.2. The lowest BCUT2D eigenvalue weighted by Gasteiger charge is -2.19. The molecule has 0 spiro atoms. The number of thiophene rings is 6. The van der Waals surface area contributed by atoms with E-state index in [4.69, 9.17) is 8.83 Å². The molecule has 109 heavy (non-hydrogen) atoms. The van der Waals surface area contributed by atoms with Crippen LogP contribution < -0.4 is 10.4 Å². The van der Waals surface area contributed by atoms with E-state index in [1.807, 2.05) is 118 Å². The lowest BCUT2D eigenvalue weighted by molar-refractivity contribution is 0.606. The van der Waals surface area contributed by atoms with Crippen molar-refractivity contribution >= 4 is 251 Å². The molecule has 14 heterocycles. The minimum atomic E-state index is -4.09. The second kappa shape index (κ2) is 22.8. The number of fused-ring (bicyclic) bond motifs is 29. The minimum absolute atomic E-state index is 0.00519. The highest BCUT2D eigenvalue weighted by molar-refractivity contribution is 8.08. The summed E-state index contributed by atoms with van der Waals surface area (Å²) >= 11 is 11.7. The van der Waals surface area contributed by atoms with E-state index in [1.54, 1.807) is 36.4 Å². The van der Waals surface area contributed by atoms with Crippen molar-refractivity contribution < 1.29 is 25.7 Å². The van der Waals surface area contributed by atoms with Gasteiger partial charge in [-0.05, 0) is 227 Å². The summed E-state index contributed by atoms with van der Waals surface area (Å²) < 4.78 is 88.2. The third kappa shape index (κ3) is 9.29. The second-order valence-corrected chi connectivity index (χ2v) is 45.3. The van der Waals surface area contributed by atoms with Gasteiger partial charge in [-0.15, -0.1) is 68.0 Å². The quantitative estimate of drug-likeness (QED) is 0.163. The van der Waals surface area contributed by atoms with Gasteiger partial charge in [0, 0.05) is 93.9 Å². The molecule has 0 atom stereocenters. The Hall–Kier alpha value is -9.96. The maximum Gasteiger partial charge on any atom is 0.209 e. The normalized spacial score (nSPS) is 14.7. The fourth-order valence-corrected chi connectivity index (χ4v) is 33.9. The first kappa shape index (κ1) is 66.1. The SMILES string of the molecule is Cc1ccc(-n2c3cc(C)ccc3c3oc4cc5c(cc4c32)S(=O)(=O)C2=C5S(=O)(=O)c3cc(C)ccc32)cc1.Cc1ccc(-n2c3cc(C)sc3c3sc4cc5c(cc4c32)sc2c3sc(C)cc3sc52)cc1.Cc1ccc(-n2c3cc4c(cc3c3oc5cc(C)ccc5c32)[Si](C)(C)c2c-4sc3cc(C)ccc23)cc1. The highest BCUT2D eigenvalue weighted by Crippen LogP contribution is 2.58. The number of aryl methyl sites for hydroxylation is 9. The molecular weight excluding hydrogens is 1520 g/mol. The van der Waals surface area contributed by atoms with Gasteiger partial charge in [0.05, 0.1) is 60.3 Å². The monoisotopic (exact) mass is 1580 g/mol. The Morgan fingerprint density at radius 1 is 0.321 bits per heavy atom. The van der Waals surface area contributed by atoms with Crippen molar-refractivity contribution in [1.29, 1.82) is 0 Å². The van der Waals surface area contributed by atoms with E-state index < -0.39 is 27.7 Å². The van der Waals surface area contributed by atoms with Crippen LogP contribution in [0.25, 0.3) is 173 Å². The van der Waals surface area contributed by atoms with E-state index in [-0.39, 0.29) is 30.7 Å². The van der Waals surface area contributed by atoms with Crippen molar-refractivity contribution in [1.82, 2.24) is 13.7 Å². The van der Waals surface area contributed by atoms with Crippen molar-refractivity contribution in [2.75, 3.05) is 0 Å². The van der Waals surface area contributed by atoms with Crippen LogP contribution in [0.4, 0.5) is 0 Å². The van der Waals surface area contributed by atoms with Gasteiger partial charge < -0.3 is 22.5 Å². The van der Waals surface area contributed by atoms with Gasteiger partial charge in [-0.2, -0.15) is 0 Å². The molecule has 0 saturated carbocycles. The Bertz CT molecular complexity index is 8000. The van der Waals surface area contributed by atoms with Crippen molar-refractivity contribution in [3.8, 4) is 27.5 Å². The molecule has 10 aromatic carbocycles. The smallest absolute Gasteiger partial charge is 0.209 e. The van der Waals surface area contributed by atoms with Gasteiger partial charge in [-0.1, -0.05) is 103 Å².